The van der Waals surface area contributed by atoms with Crippen molar-refractivity contribution >= 4 is 22.9 Å². The third-order valence-electron chi connectivity index (χ3n) is 3.85. The number of hydrogen-bond donors (Lipinski definition) is 1. The number of para-hydroxylation sites is 1. The van der Waals surface area contributed by atoms with Gasteiger partial charge in [-0.2, -0.15) is 0 Å². The normalized spacial score (nSPS) is 12.5. The van der Waals surface area contributed by atoms with Gasteiger partial charge in [-0.3, -0.25) is 0 Å². The van der Waals surface area contributed by atoms with Crippen LogP contribution in [0.1, 0.15) is 16.7 Å². The maximum atomic E-state index is 4.90. The second kappa shape index (κ2) is 5.11. The van der Waals surface area contributed by atoms with Crippen molar-refractivity contribution in [3.05, 3.63) is 83.6 Å². The van der Waals surface area contributed by atoms with E-state index < -0.39 is 0 Å². The average molecular weight is 285 g/mol. The standard InChI is InChI=1S/C19H15N3/c1-13-7-2-3-8-14(13)18-15-9-4-5-10-16(15)22-19-17(21-18)11-6-12-20-19/h2-12H,1H3,(H,20,22). The molecule has 1 aliphatic heterocycles. The number of aryl methyl sites for hydroxylation is 1. The van der Waals surface area contributed by atoms with Crippen LogP contribution in [0, 0.1) is 6.92 Å². The van der Waals surface area contributed by atoms with Crippen molar-refractivity contribution in [1.82, 2.24) is 4.98 Å². The summed E-state index contributed by atoms with van der Waals surface area (Å²) in [6.07, 6.45) is 1.78. The lowest BCUT2D eigenvalue weighted by molar-refractivity contribution is 1.30. The molecule has 0 fully saturated rings. The number of anilines is 2. The van der Waals surface area contributed by atoms with E-state index in [2.05, 4.69) is 53.6 Å². The van der Waals surface area contributed by atoms with E-state index in [1.54, 1.807) is 6.20 Å². The van der Waals surface area contributed by atoms with Gasteiger partial charge in [0.25, 0.3) is 0 Å². The smallest absolute Gasteiger partial charge is 0.156 e. The van der Waals surface area contributed by atoms with Gasteiger partial charge in [-0.05, 0) is 30.7 Å². The van der Waals surface area contributed by atoms with Crippen LogP contribution in [0.4, 0.5) is 17.2 Å². The molecular formula is C19H15N3. The molecule has 0 amide bonds. The number of nitrogens with zero attached hydrogens (tertiary/aromatic N) is 2. The SMILES string of the molecule is Cc1ccccc1C1=Nc2cccnc2Nc2ccccc21. The zero-order valence-corrected chi connectivity index (χ0v) is 12.2. The topological polar surface area (TPSA) is 37.3 Å². The largest absolute Gasteiger partial charge is 0.338 e. The molecular weight excluding hydrogens is 270 g/mol. The van der Waals surface area contributed by atoms with Crippen molar-refractivity contribution in [3.8, 4) is 0 Å². The summed E-state index contributed by atoms with van der Waals surface area (Å²) >= 11 is 0. The van der Waals surface area contributed by atoms with Crippen LogP contribution in [0.3, 0.4) is 0 Å². The molecule has 106 valence electrons. The highest BCUT2D eigenvalue weighted by Gasteiger charge is 2.18. The van der Waals surface area contributed by atoms with E-state index in [1.807, 2.05) is 24.3 Å². The molecule has 1 aliphatic rings. The zero-order chi connectivity index (χ0) is 14.9. The van der Waals surface area contributed by atoms with Crippen LogP contribution >= 0.6 is 0 Å². The summed E-state index contributed by atoms with van der Waals surface area (Å²) in [4.78, 5) is 9.31. The third kappa shape index (κ3) is 2.07. The van der Waals surface area contributed by atoms with Crippen LogP contribution < -0.4 is 5.32 Å². The summed E-state index contributed by atoms with van der Waals surface area (Å²) in [6.45, 7) is 2.11. The fraction of sp³-hybridized carbons (Fsp3) is 0.0526. The molecule has 3 nitrogen and oxygen atoms in total. The van der Waals surface area contributed by atoms with Crippen LogP contribution in [-0.4, -0.2) is 10.7 Å². The highest BCUT2D eigenvalue weighted by atomic mass is 15.0. The van der Waals surface area contributed by atoms with E-state index in [4.69, 9.17) is 4.99 Å². The molecule has 1 aromatic heterocycles. The average Bonchev–Trinajstić information content (AvgIpc) is 2.72. The van der Waals surface area contributed by atoms with Crippen LogP contribution in [0.2, 0.25) is 0 Å². The lowest BCUT2D eigenvalue weighted by Crippen LogP contribution is -2.06. The molecule has 0 unspecified atom stereocenters. The van der Waals surface area contributed by atoms with E-state index >= 15 is 0 Å². The summed E-state index contributed by atoms with van der Waals surface area (Å²) in [5, 5.41) is 3.40. The second-order valence-corrected chi connectivity index (χ2v) is 5.32. The van der Waals surface area contributed by atoms with Gasteiger partial charge in [0.15, 0.2) is 5.82 Å². The number of nitrogens with one attached hydrogen (secondary N) is 1. The lowest BCUT2D eigenvalue weighted by atomic mass is 9.97. The summed E-state index contributed by atoms with van der Waals surface area (Å²) in [6, 6.07) is 20.5. The molecule has 4 rings (SSSR count). The Morgan fingerprint density at radius 3 is 2.45 bits per heavy atom. The Bertz CT molecular complexity index is 881. The Kier molecular flexibility index (Phi) is 2.97. The van der Waals surface area contributed by atoms with Crippen molar-refractivity contribution in [3.63, 3.8) is 0 Å². The van der Waals surface area contributed by atoms with E-state index in [0.29, 0.717) is 0 Å². The van der Waals surface area contributed by atoms with Crippen LogP contribution in [0.15, 0.2) is 71.9 Å². The summed E-state index contributed by atoms with van der Waals surface area (Å²) in [5.74, 6) is 0.790. The monoisotopic (exact) mass is 285 g/mol. The fourth-order valence-corrected chi connectivity index (χ4v) is 2.73. The molecule has 0 saturated heterocycles. The highest BCUT2D eigenvalue weighted by Crippen LogP contribution is 2.34. The van der Waals surface area contributed by atoms with Crippen LogP contribution in [0.5, 0.6) is 0 Å². The number of pyridine rings is 1. The predicted octanol–water partition coefficient (Wildman–Crippen LogP) is 4.62. The minimum Gasteiger partial charge on any atom is -0.338 e. The molecule has 1 N–H and O–H groups in total. The Labute approximate surface area is 129 Å². The minimum absolute atomic E-state index is 0.790. The van der Waals surface area contributed by atoms with Gasteiger partial charge in [0.1, 0.15) is 5.69 Å². The second-order valence-electron chi connectivity index (χ2n) is 5.32. The number of aliphatic imine (C=N–C) groups is 1. The van der Waals surface area contributed by atoms with E-state index in [-0.39, 0.29) is 0 Å². The molecule has 3 aromatic rings. The van der Waals surface area contributed by atoms with Gasteiger partial charge < -0.3 is 5.32 Å². The summed E-state index contributed by atoms with van der Waals surface area (Å²) in [7, 11) is 0. The fourth-order valence-electron chi connectivity index (χ4n) is 2.73. The van der Waals surface area contributed by atoms with Gasteiger partial charge in [0, 0.05) is 23.0 Å². The Morgan fingerprint density at radius 1 is 0.818 bits per heavy atom. The molecule has 3 heteroatoms. The zero-order valence-electron chi connectivity index (χ0n) is 12.2. The quantitative estimate of drug-likeness (QED) is 0.554. The van der Waals surface area contributed by atoms with Gasteiger partial charge >= 0.3 is 0 Å². The first kappa shape index (κ1) is 12.8. The molecule has 0 radical (unpaired) electrons. The van der Waals surface area contributed by atoms with Gasteiger partial charge in [0.2, 0.25) is 0 Å². The Morgan fingerprint density at radius 2 is 1.59 bits per heavy atom. The van der Waals surface area contributed by atoms with Crippen molar-refractivity contribution in [2.75, 3.05) is 5.32 Å². The van der Waals surface area contributed by atoms with Gasteiger partial charge in [0.05, 0.1) is 5.71 Å². The first-order chi connectivity index (χ1) is 10.8. The number of benzene rings is 2. The molecule has 0 atom stereocenters. The van der Waals surface area contributed by atoms with E-state index in [1.165, 1.54) is 5.56 Å². The number of rotatable bonds is 1. The minimum atomic E-state index is 0.790. The highest BCUT2D eigenvalue weighted by molar-refractivity contribution is 6.18. The molecule has 2 aromatic carbocycles. The molecule has 0 aliphatic carbocycles. The van der Waals surface area contributed by atoms with E-state index in [0.717, 1.165) is 34.0 Å². The van der Waals surface area contributed by atoms with Crippen molar-refractivity contribution < 1.29 is 0 Å². The Hall–Kier alpha value is -2.94. The number of fused-ring (bicyclic) bond motifs is 2. The maximum absolute atomic E-state index is 4.90. The number of hydrogen-bond acceptors (Lipinski definition) is 3. The lowest BCUT2D eigenvalue weighted by Gasteiger charge is -2.11. The Balaban J connectivity index is 2.03. The number of aromatic nitrogens is 1. The van der Waals surface area contributed by atoms with Gasteiger partial charge in [-0.15, -0.1) is 0 Å². The van der Waals surface area contributed by atoms with Crippen LogP contribution in [-0.2, 0) is 0 Å². The van der Waals surface area contributed by atoms with Crippen molar-refractivity contribution in [2.24, 2.45) is 4.99 Å². The molecule has 22 heavy (non-hydrogen) atoms. The molecule has 0 bridgehead atoms. The van der Waals surface area contributed by atoms with Crippen LogP contribution in [0.25, 0.3) is 0 Å². The summed E-state index contributed by atoms with van der Waals surface area (Å²) in [5.41, 5.74) is 6.32. The predicted molar refractivity (Wildman–Crippen MR) is 90.4 cm³/mol. The van der Waals surface area contributed by atoms with Crippen molar-refractivity contribution in [2.45, 2.75) is 6.92 Å². The van der Waals surface area contributed by atoms with Crippen molar-refractivity contribution in [1.29, 1.82) is 0 Å². The molecule has 0 saturated carbocycles. The first-order valence-electron chi connectivity index (χ1n) is 7.29. The molecule has 0 spiro atoms. The van der Waals surface area contributed by atoms with Gasteiger partial charge in [-0.25, -0.2) is 9.98 Å². The maximum Gasteiger partial charge on any atom is 0.156 e. The first-order valence-corrected chi connectivity index (χ1v) is 7.29. The van der Waals surface area contributed by atoms with Gasteiger partial charge in [-0.1, -0.05) is 42.5 Å². The summed E-state index contributed by atoms with van der Waals surface area (Å²) < 4.78 is 0. The third-order valence-corrected chi connectivity index (χ3v) is 3.85. The van der Waals surface area contributed by atoms with E-state index in [9.17, 15) is 0 Å². The molecule has 2 heterocycles.